The van der Waals surface area contributed by atoms with Crippen molar-refractivity contribution >= 4 is 5.91 Å². The van der Waals surface area contributed by atoms with Crippen molar-refractivity contribution in [1.29, 1.82) is 0 Å². The first kappa shape index (κ1) is 13.8. The highest BCUT2D eigenvalue weighted by Crippen LogP contribution is 2.28. The number of nitrogens with zero attached hydrogens (tertiary/aromatic N) is 1. The monoisotopic (exact) mass is 254 g/mol. The Bertz CT molecular complexity index is 290. The number of hydrogen-bond donors (Lipinski definition) is 1. The summed E-state index contributed by atoms with van der Waals surface area (Å²) in [5.74, 6) is 1.43. The summed E-state index contributed by atoms with van der Waals surface area (Å²) in [5.41, 5.74) is 0. The topological polar surface area (TPSA) is 41.6 Å². The lowest BCUT2D eigenvalue weighted by Crippen LogP contribution is -2.35. The van der Waals surface area contributed by atoms with Gasteiger partial charge in [-0.3, -0.25) is 10.1 Å². The fourth-order valence-electron chi connectivity index (χ4n) is 2.44. The highest BCUT2D eigenvalue weighted by Gasteiger charge is 2.37. The molecule has 1 amide bonds. The van der Waals surface area contributed by atoms with Crippen LogP contribution in [0.1, 0.15) is 40.0 Å². The van der Waals surface area contributed by atoms with Gasteiger partial charge in [-0.2, -0.15) is 0 Å². The van der Waals surface area contributed by atoms with Crippen LogP contribution in [0, 0.1) is 11.8 Å². The molecule has 2 rings (SSSR count). The lowest BCUT2D eigenvalue weighted by Gasteiger charge is -2.20. The Kier molecular flexibility index (Phi) is 4.62. The minimum Gasteiger partial charge on any atom is -0.381 e. The second-order valence-electron chi connectivity index (χ2n) is 5.97. The van der Waals surface area contributed by atoms with Gasteiger partial charge in [-0.05, 0) is 38.0 Å². The molecular weight excluding hydrogens is 228 g/mol. The molecule has 0 bridgehead atoms. The Balaban J connectivity index is 1.66. The molecule has 2 aliphatic rings. The Morgan fingerprint density at radius 3 is 2.72 bits per heavy atom. The highest BCUT2D eigenvalue weighted by atomic mass is 16.5. The third-order valence-corrected chi connectivity index (χ3v) is 3.84. The fraction of sp³-hybridized carbons (Fsp3) is 0.929. The molecule has 4 heteroatoms. The molecule has 0 aromatic carbocycles. The Morgan fingerprint density at radius 2 is 2.17 bits per heavy atom. The van der Waals surface area contributed by atoms with E-state index in [1.54, 1.807) is 0 Å². The van der Waals surface area contributed by atoms with E-state index >= 15 is 0 Å². The minimum absolute atomic E-state index is 0.00705. The summed E-state index contributed by atoms with van der Waals surface area (Å²) in [6.07, 6.45) is 3.77. The summed E-state index contributed by atoms with van der Waals surface area (Å²) in [6, 6.07) is -0.00705. The van der Waals surface area contributed by atoms with E-state index in [-0.39, 0.29) is 18.1 Å². The van der Waals surface area contributed by atoms with Gasteiger partial charge in [-0.1, -0.05) is 13.8 Å². The average Bonchev–Trinajstić information content (AvgIpc) is 3.08. The van der Waals surface area contributed by atoms with Crippen molar-refractivity contribution in [3.63, 3.8) is 0 Å². The van der Waals surface area contributed by atoms with Crippen LogP contribution in [0.15, 0.2) is 0 Å². The van der Waals surface area contributed by atoms with Crippen LogP contribution in [0.3, 0.4) is 0 Å². The van der Waals surface area contributed by atoms with Crippen molar-refractivity contribution in [2.75, 3.05) is 19.8 Å². The molecule has 1 saturated heterocycles. The van der Waals surface area contributed by atoms with E-state index < -0.39 is 0 Å². The summed E-state index contributed by atoms with van der Waals surface area (Å²) in [6.45, 7) is 8.73. The van der Waals surface area contributed by atoms with E-state index in [0.717, 1.165) is 32.1 Å². The third kappa shape index (κ3) is 3.45. The van der Waals surface area contributed by atoms with Crippen molar-refractivity contribution in [2.45, 2.75) is 52.2 Å². The molecule has 2 atom stereocenters. The Morgan fingerprint density at radius 1 is 1.44 bits per heavy atom. The normalized spacial score (nSPS) is 28.4. The number of ether oxygens (including phenoxy) is 1. The first-order valence-corrected chi connectivity index (χ1v) is 7.24. The lowest BCUT2D eigenvalue weighted by molar-refractivity contribution is -0.130. The first-order chi connectivity index (χ1) is 8.59. The van der Waals surface area contributed by atoms with E-state index in [4.69, 9.17) is 4.74 Å². The maximum atomic E-state index is 12.2. The van der Waals surface area contributed by atoms with Crippen LogP contribution in [0.4, 0.5) is 0 Å². The Hall–Kier alpha value is -0.610. The van der Waals surface area contributed by atoms with Crippen LogP contribution in [0.5, 0.6) is 0 Å². The zero-order valence-corrected chi connectivity index (χ0v) is 11.8. The van der Waals surface area contributed by atoms with Crippen molar-refractivity contribution in [1.82, 2.24) is 10.2 Å². The number of amides is 1. The van der Waals surface area contributed by atoms with Gasteiger partial charge in [0, 0.05) is 19.8 Å². The van der Waals surface area contributed by atoms with Gasteiger partial charge in [0.15, 0.2) is 0 Å². The molecule has 1 N–H and O–H groups in total. The fourth-order valence-corrected chi connectivity index (χ4v) is 2.44. The quantitative estimate of drug-likeness (QED) is 0.702. The molecule has 1 aliphatic heterocycles. The smallest absolute Gasteiger partial charge is 0.241 e. The van der Waals surface area contributed by atoms with Gasteiger partial charge in [0.2, 0.25) is 5.91 Å². The van der Waals surface area contributed by atoms with E-state index in [1.807, 2.05) is 4.90 Å². The van der Waals surface area contributed by atoms with Crippen molar-refractivity contribution in [2.24, 2.45) is 11.8 Å². The predicted octanol–water partition coefficient (Wildman–Crippen LogP) is 1.61. The van der Waals surface area contributed by atoms with Crippen molar-refractivity contribution < 1.29 is 9.53 Å². The summed E-state index contributed by atoms with van der Waals surface area (Å²) >= 11 is 0. The Labute approximate surface area is 110 Å². The summed E-state index contributed by atoms with van der Waals surface area (Å²) in [5, 5.41) is 3.36. The zero-order chi connectivity index (χ0) is 13.1. The lowest BCUT2D eigenvalue weighted by atomic mass is 10.1. The molecule has 0 aromatic heterocycles. The van der Waals surface area contributed by atoms with Crippen LogP contribution < -0.4 is 5.32 Å². The van der Waals surface area contributed by atoms with Crippen molar-refractivity contribution in [3.05, 3.63) is 0 Å². The van der Waals surface area contributed by atoms with E-state index in [9.17, 15) is 4.79 Å². The molecular formula is C14H26N2O2. The van der Waals surface area contributed by atoms with E-state index in [2.05, 4.69) is 26.1 Å². The zero-order valence-electron chi connectivity index (χ0n) is 11.8. The molecule has 0 spiro atoms. The largest absolute Gasteiger partial charge is 0.381 e. The molecule has 1 saturated carbocycles. The molecule has 1 heterocycles. The molecule has 2 unspecified atom stereocenters. The second-order valence-corrected chi connectivity index (χ2v) is 5.97. The van der Waals surface area contributed by atoms with Crippen LogP contribution in [-0.4, -0.2) is 42.8 Å². The molecule has 104 valence electrons. The number of carbonyl (C=O) groups is 1. The number of hydrogen-bond acceptors (Lipinski definition) is 3. The second kappa shape index (κ2) is 6.02. The summed E-state index contributed by atoms with van der Waals surface area (Å²) in [4.78, 5) is 14.1. The SMILES string of the molecule is CC(C)C1NC(C)N(CCCOCC2CC2)C1=O. The average molecular weight is 254 g/mol. The van der Waals surface area contributed by atoms with Crippen LogP contribution in [-0.2, 0) is 9.53 Å². The molecule has 0 aromatic rings. The molecule has 18 heavy (non-hydrogen) atoms. The standard InChI is InChI=1S/C14H26N2O2/c1-10(2)13-14(17)16(11(3)15-13)7-4-8-18-9-12-5-6-12/h10-13,15H,4-9H2,1-3H3. The predicted molar refractivity (Wildman–Crippen MR) is 71.1 cm³/mol. The maximum Gasteiger partial charge on any atom is 0.241 e. The highest BCUT2D eigenvalue weighted by molar-refractivity contribution is 5.84. The van der Waals surface area contributed by atoms with Gasteiger partial charge in [0.05, 0.1) is 12.2 Å². The van der Waals surface area contributed by atoms with Gasteiger partial charge >= 0.3 is 0 Å². The van der Waals surface area contributed by atoms with Crippen LogP contribution in [0.2, 0.25) is 0 Å². The van der Waals surface area contributed by atoms with Gasteiger partial charge in [-0.25, -0.2) is 0 Å². The van der Waals surface area contributed by atoms with Crippen LogP contribution in [0.25, 0.3) is 0 Å². The van der Waals surface area contributed by atoms with E-state index in [0.29, 0.717) is 5.92 Å². The number of rotatable bonds is 7. The first-order valence-electron chi connectivity index (χ1n) is 7.24. The van der Waals surface area contributed by atoms with E-state index in [1.165, 1.54) is 12.8 Å². The van der Waals surface area contributed by atoms with Crippen molar-refractivity contribution in [3.8, 4) is 0 Å². The number of carbonyl (C=O) groups excluding carboxylic acids is 1. The summed E-state index contributed by atoms with van der Waals surface area (Å²) in [7, 11) is 0. The molecule has 0 radical (unpaired) electrons. The van der Waals surface area contributed by atoms with Gasteiger partial charge in [0.25, 0.3) is 0 Å². The molecule has 1 aliphatic carbocycles. The molecule has 2 fully saturated rings. The molecule has 4 nitrogen and oxygen atoms in total. The maximum absolute atomic E-state index is 12.2. The van der Waals surface area contributed by atoms with Gasteiger partial charge in [-0.15, -0.1) is 0 Å². The minimum atomic E-state index is -0.00705. The third-order valence-electron chi connectivity index (χ3n) is 3.84. The summed E-state index contributed by atoms with van der Waals surface area (Å²) < 4.78 is 5.60. The number of nitrogens with one attached hydrogen (secondary N) is 1. The van der Waals surface area contributed by atoms with Gasteiger partial charge in [0.1, 0.15) is 0 Å². The van der Waals surface area contributed by atoms with Gasteiger partial charge < -0.3 is 9.64 Å². The van der Waals surface area contributed by atoms with Crippen LogP contribution >= 0.6 is 0 Å².